The lowest BCUT2D eigenvalue weighted by Gasteiger charge is -2.14. The number of nitrogen functional groups attached to an aromatic ring is 1. The monoisotopic (exact) mass is 350 g/mol. The van der Waals surface area contributed by atoms with Gasteiger partial charge in [-0.25, -0.2) is 0 Å². The third kappa shape index (κ3) is 2.82. The predicted octanol–water partition coefficient (Wildman–Crippen LogP) is 5.28. The third-order valence-corrected chi connectivity index (χ3v) is 5.02. The van der Waals surface area contributed by atoms with E-state index in [-0.39, 0.29) is 0 Å². The van der Waals surface area contributed by atoms with Gasteiger partial charge in [-0.3, -0.25) is 4.98 Å². The van der Waals surface area contributed by atoms with E-state index in [9.17, 15) is 0 Å². The highest BCUT2D eigenvalue weighted by Crippen LogP contribution is 2.44. The lowest BCUT2D eigenvalue weighted by atomic mass is 10.2. The minimum atomic E-state index is 0.578. The van der Waals surface area contributed by atoms with Crippen molar-refractivity contribution >= 4 is 51.6 Å². The molecule has 0 unspecified atom stereocenters. The highest BCUT2D eigenvalue weighted by Gasteiger charge is 2.15. The summed E-state index contributed by atoms with van der Waals surface area (Å²) in [7, 11) is 1.61. The average molecular weight is 351 g/mol. The van der Waals surface area contributed by atoms with E-state index in [1.807, 2.05) is 18.2 Å². The van der Waals surface area contributed by atoms with Crippen LogP contribution in [-0.2, 0) is 0 Å². The molecule has 0 spiro atoms. The first kappa shape index (κ1) is 15.3. The second-order valence-corrected chi connectivity index (χ2v) is 6.47. The summed E-state index contributed by atoms with van der Waals surface area (Å²) in [6.45, 7) is 0. The smallest absolute Gasteiger partial charge is 0.135 e. The highest BCUT2D eigenvalue weighted by molar-refractivity contribution is 7.99. The Balaban J connectivity index is 2.21. The lowest BCUT2D eigenvalue weighted by Crippen LogP contribution is -1.95. The molecule has 0 aliphatic heterocycles. The van der Waals surface area contributed by atoms with Crippen LogP contribution >= 0.6 is 35.0 Å². The maximum atomic E-state index is 6.26. The van der Waals surface area contributed by atoms with E-state index in [2.05, 4.69) is 4.98 Å². The minimum absolute atomic E-state index is 0.578. The molecule has 0 saturated heterocycles. The Morgan fingerprint density at radius 3 is 2.77 bits per heavy atom. The van der Waals surface area contributed by atoms with E-state index >= 15 is 0 Å². The Hall–Kier alpha value is -1.62. The van der Waals surface area contributed by atoms with E-state index < -0.39 is 0 Å². The van der Waals surface area contributed by atoms with Gasteiger partial charge in [0.2, 0.25) is 0 Å². The topological polar surface area (TPSA) is 48.1 Å². The summed E-state index contributed by atoms with van der Waals surface area (Å²) >= 11 is 13.8. The van der Waals surface area contributed by atoms with Crippen molar-refractivity contribution < 1.29 is 4.74 Å². The molecule has 0 bridgehead atoms. The molecule has 1 aromatic heterocycles. The van der Waals surface area contributed by atoms with Gasteiger partial charge < -0.3 is 10.5 Å². The number of anilines is 1. The van der Waals surface area contributed by atoms with Crippen LogP contribution in [0.3, 0.4) is 0 Å². The molecule has 0 fully saturated rings. The van der Waals surface area contributed by atoms with Gasteiger partial charge in [-0.15, -0.1) is 0 Å². The quantitative estimate of drug-likeness (QED) is 0.652. The van der Waals surface area contributed by atoms with E-state index in [1.54, 1.807) is 31.5 Å². The van der Waals surface area contributed by atoms with Crippen LogP contribution in [0.2, 0.25) is 10.0 Å². The van der Waals surface area contributed by atoms with Gasteiger partial charge >= 0.3 is 0 Å². The molecular formula is C16H12Cl2N2OS. The molecule has 112 valence electrons. The Labute approximate surface area is 142 Å². The number of aromatic nitrogens is 1. The van der Waals surface area contributed by atoms with Crippen molar-refractivity contribution in [3.05, 3.63) is 52.6 Å². The summed E-state index contributed by atoms with van der Waals surface area (Å²) in [6, 6.07) is 11.0. The molecular weight excluding hydrogens is 339 g/mol. The summed E-state index contributed by atoms with van der Waals surface area (Å²) in [5.41, 5.74) is 7.37. The maximum Gasteiger partial charge on any atom is 0.135 e. The van der Waals surface area contributed by atoms with Crippen LogP contribution in [0.1, 0.15) is 0 Å². The molecule has 3 rings (SSSR count). The molecule has 0 aliphatic rings. The van der Waals surface area contributed by atoms with Crippen molar-refractivity contribution in [2.24, 2.45) is 0 Å². The van der Waals surface area contributed by atoms with Gasteiger partial charge in [0.25, 0.3) is 0 Å². The third-order valence-electron chi connectivity index (χ3n) is 3.16. The molecule has 1 heterocycles. The van der Waals surface area contributed by atoms with Crippen molar-refractivity contribution in [3.63, 3.8) is 0 Å². The summed E-state index contributed by atoms with van der Waals surface area (Å²) in [5, 5.41) is 2.18. The van der Waals surface area contributed by atoms with Crippen LogP contribution in [-0.4, -0.2) is 12.1 Å². The SMILES string of the molecule is COc1cc(N)c2ncccc2c1Sc1cc(Cl)ccc1Cl. The van der Waals surface area contributed by atoms with E-state index in [0.717, 1.165) is 20.7 Å². The molecule has 3 aromatic rings. The van der Waals surface area contributed by atoms with Gasteiger partial charge in [-0.2, -0.15) is 0 Å². The van der Waals surface area contributed by atoms with Crippen molar-refractivity contribution in [3.8, 4) is 5.75 Å². The minimum Gasteiger partial charge on any atom is -0.495 e. The first-order valence-electron chi connectivity index (χ1n) is 6.44. The zero-order chi connectivity index (χ0) is 15.7. The molecule has 0 aliphatic carbocycles. The molecule has 6 heteroatoms. The van der Waals surface area contributed by atoms with Gasteiger partial charge in [-0.05, 0) is 30.3 Å². The van der Waals surface area contributed by atoms with Gasteiger partial charge in [-0.1, -0.05) is 35.0 Å². The summed E-state index contributed by atoms with van der Waals surface area (Å²) < 4.78 is 5.47. The van der Waals surface area contributed by atoms with Crippen LogP contribution in [0.25, 0.3) is 10.9 Å². The molecule has 0 atom stereocenters. The molecule has 2 N–H and O–H groups in total. The second kappa shape index (κ2) is 6.24. The molecule has 2 aromatic carbocycles. The van der Waals surface area contributed by atoms with Crippen LogP contribution < -0.4 is 10.5 Å². The number of halogens is 2. The van der Waals surface area contributed by atoms with Gasteiger partial charge in [0.15, 0.2) is 0 Å². The highest BCUT2D eigenvalue weighted by atomic mass is 35.5. The van der Waals surface area contributed by atoms with Gasteiger partial charge in [0, 0.05) is 27.6 Å². The fraction of sp³-hybridized carbons (Fsp3) is 0.0625. The maximum absolute atomic E-state index is 6.26. The van der Waals surface area contributed by atoms with E-state index in [1.165, 1.54) is 11.8 Å². The fourth-order valence-corrected chi connectivity index (χ4v) is 3.71. The van der Waals surface area contributed by atoms with Crippen molar-refractivity contribution in [1.29, 1.82) is 0 Å². The number of rotatable bonds is 3. The van der Waals surface area contributed by atoms with E-state index in [0.29, 0.717) is 21.5 Å². The standard InChI is InChI=1S/C16H12Cl2N2OS/c1-21-13-8-12(19)15-10(3-2-6-20-15)16(13)22-14-7-9(17)4-5-11(14)18/h2-8H,19H2,1H3. The summed E-state index contributed by atoms with van der Waals surface area (Å²) in [5.74, 6) is 0.680. The molecule has 0 saturated carbocycles. The number of nitrogens with zero attached hydrogens (tertiary/aromatic N) is 1. The van der Waals surface area contributed by atoms with Crippen molar-refractivity contribution in [2.75, 3.05) is 12.8 Å². The summed E-state index contributed by atoms with van der Waals surface area (Å²) in [4.78, 5) is 6.10. The predicted molar refractivity (Wildman–Crippen MR) is 93.3 cm³/mol. The average Bonchev–Trinajstić information content (AvgIpc) is 2.53. The second-order valence-electron chi connectivity index (χ2n) is 4.57. The number of pyridine rings is 1. The Morgan fingerprint density at radius 1 is 1.18 bits per heavy atom. The van der Waals surface area contributed by atoms with Crippen LogP contribution in [0.5, 0.6) is 5.75 Å². The molecule has 0 amide bonds. The fourth-order valence-electron chi connectivity index (χ4n) is 2.15. The molecule has 22 heavy (non-hydrogen) atoms. The lowest BCUT2D eigenvalue weighted by molar-refractivity contribution is 0.406. The Morgan fingerprint density at radius 2 is 2.00 bits per heavy atom. The van der Waals surface area contributed by atoms with Gasteiger partial charge in [0.05, 0.1) is 28.2 Å². The number of methoxy groups -OCH3 is 1. The number of benzene rings is 2. The van der Waals surface area contributed by atoms with Gasteiger partial charge in [0.1, 0.15) is 5.75 Å². The number of hydrogen-bond donors (Lipinski definition) is 1. The van der Waals surface area contributed by atoms with Crippen LogP contribution in [0, 0.1) is 0 Å². The van der Waals surface area contributed by atoms with Crippen molar-refractivity contribution in [2.45, 2.75) is 9.79 Å². The first-order valence-corrected chi connectivity index (χ1v) is 8.01. The number of hydrogen-bond acceptors (Lipinski definition) is 4. The zero-order valence-electron chi connectivity index (χ0n) is 11.6. The number of nitrogens with two attached hydrogens (primary N) is 1. The summed E-state index contributed by atoms with van der Waals surface area (Å²) in [6.07, 6.45) is 1.71. The Bertz CT molecular complexity index is 855. The Kier molecular flexibility index (Phi) is 4.34. The normalized spacial score (nSPS) is 10.9. The number of ether oxygens (including phenoxy) is 1. The first-order chi connectivity index (χ1) is 10.6. The largest absolute Gasteiger partial charge is 0.495 e. The molecule has 0 radical (unpaired) electrons. The molecule has 3 nitrogen and oxygen atoms in total. The van der Waals surface area contributed by atoms with E-state index in [4.69, 9.17) is 33.7 Å². The van der Waals surface area contributed by atoms with Crippen LogP contribution in [0.4, 0.5) is 5.69 Å². The zero-order valence-corrected chi connectivity index (χ0v) is 14.0. The van der Waals surface area contributed by atoms with Crippen LogP contribution in [0.15, 0.2) is 52.4 Å². The van der Waals surface area contributed by atoms with Crippen molar-refractivity contribution in [1.82, 2.24) is 4.98 Å². The number of fused-ring (bicyclic) bond motifs is 1.